The Morgan fingerprint density at radius 2 is 1.61 bits per heavy atom. The van der Waals surface area contributed by atoms with Crippen molar-refractivity contribution in [2.24, 2.45) is 0 Å². The van der Waals surface area contributed by atoms with Crippen LogP contribution in [0.1, 0.15) is 17.2 Å². The fraction of sp³-hybridized carbons (Fsp3) is 0.200. The van der Waals surface area contributed by atoms with Gasteiger partial charge in [-0.3, -0.25) is 0 Å². The van der Waals surface area contributed by atoms with E-state index in [2.05, 4.69) is 5.32 Å². The summed E-state index contributed by atoms with van der Waals surface area (Å²) in [5.74, 6) is 0.211. The Morgan fingerprint density at radius 1 is 0.944 bits per heavy atom. The number of phenols is 1. The summed E-state index contributed by atoms with van der Waals surface area (Å²) >= 11 is 0. The third kappa shape index (κ3) is 3.58. The minimum Gasteiger partial charge on any atom is -0.508 e. The number of aromatic hydroxyl groups is 1. The molecule has 0 heterocycles. The second kappa shape index (κ2) is 6.19. The predicted molar refractivity (Wildman–Crippen MR) is 71.2 cm³/mol. The van der Waals surface area contributed by atoms with Gasteiger partial charge in [-0.2, -0.15) is 0 Å². The molecule has 18 heavy (non-hydrogen) atoms. The van der Waals surface area contributed by atoms with E-state index < -0.39 is 6.10 Å². The maximum Gasteiger partial charge on any atom is 0.115 e. The van der Waals surface area contributed by atoms with Gasteiger partial charge in [0.15, 0.2) is 0 Å². The lowest BCUT2D eigenvalue weighted by molar-refractivity contribution is 0.174. The van der Waals surface area contributed by atoms with Gasteiger partial charge in [-0.05, 0) is 23.3 Å². The number of hydrogen-bond donors (Lipinski definition) is 3. The molecule has 0 saturated carbocycles. The van der Waals surface area contributed by atoms with Crippen molar-refractivity contribution in [1.82, 2.24) is 5.32 Å². The zero-order valence-electron chi connectivity index (χ0n) is 10.1. The molecule has 0 aromatic heterocycles. The highest BCUT2D eigenvalue weighted by Gasteiger charge is 2.06. The molecule has 0 amide bonds. The molecule has 3 N–H and O–H groups in total. The van der Waals surface area contributed by atoms with Crippen molar-refractivity contribution in [1.29, 1.82) is 0 Å². The van der Waals surface area contributed by atoms with E-state index in [1.165, 1.54) is 5.56 Å². The number of phenolic OH excluding ortho intramolecular Hbond substituents is 1. The van der Waals surface area contributed by atoms with E-state index in [1.54, 1.807) is 24.3 Å². The number of aliphatic hydroxyl groups excluding tert-OH is 1. The van der Waals surface area contributed by atoms with Gasteiger partial charge < -0.3 is 15.5 Å². The van der Waals surface area contributed by atoms with Gasteiger partial charge in [-0.1, -0.05) is 42.5 Å². The first kappa shape index (κ1) is 12.6. The van der Waals surface area contributed by atoms with Crippen molar-refractivity contribution in [3.8, 4) is 5.75 Å². The molecule has 3 nitrogen and oxygen atoms in total. The van der Waals surface area contributed by atoms with Gasteiger partial charge in [0.1, 0.15) is 5.75 Å². The first-order chi connectivity index (χ1) is 8.75. The third-order valence-electron chi connectivity index (χ3n) is 2.79. The number of nitrogens with one attached hydrogen (secondary N) is 1. The Balaban J connectivity index is 1.81. The van der Waals surface area contributed by atoms with Crippen molar-refractivity contribution < 1.29 is 10.2 Å². The van der Waals surface area contributed by atoms with Crippen molar-refractivity contribution in [3.05, 3.63) is 65.7 Å². The first-order valence-corrected chi connectivity index (χ1v) is 5.97. The molecule has 0 aliphatic heterocycles. The van der Waals surface area contributed by atoms with Crippen molar-refractivity contribution in [2.45, 2.75) is 12.6 Å². The van der Waals surface area contributed by atoms with Crippen LogP contribution in [0, 0.1) is 0 Å². The van der Waals surface area contributed by atoms with Crippen LogP contribution in [-0.2, 0) is 6.54 Å². The van der Waals surface area contributed by atoms with Crippen LogP contribution >= 0.6 is 0 Å². The van der Waals surface area contributed by atoms with Crippen LogP contribution in [0.4, 0.5) is 0 Å². The zero-order chi connectivity index (χ0) is 12.8. The summed E-state index contributed by atoms with van der Waals surface area (Å²) < 4.78 is 0. The summed E-state index contributed by atoms with van der Waals surface area (Å²) in [6.07, 6.45) is -0.561. The molecule has 2 aromatic rings. The Morgan fingerprint density at radius 3 is 2.28 bits per heavy atom. The van der Waals surface area contributed by atoms with Crippen molar-refractivity contribution >= 4 is 0 Å². The smallest absolute Gasteiger partial charge is 0.115 e. The van der Waals surface area contributed by atoms with Crippen LogP contribution in [0.25, 0.3) is 0 Å². The Bertz CT molecular complexity index is 468. The van der Waals surface area contributed by atoms with E-state index in [-0.39, 0.29) is 5.75 Å². The van der Waals surface area contributed by atoms with Crippen LogP contribution < -0.4 is 5.32 Å². The highest BCUT2D eigenvalue weighted by atomic mass is 16.3. The highest BCUT2D eigenvalue weighted by Crippen LogP contribution is 2.16. The lowest BCUT2D eigenvalue weighted by Gasteiger charge is -2.12. The Kier molecular flexibility index (Phi) is 4.34. The summed E-state index contributed by atoms with van der Waals surface area (Å²) in [5.41, 5.74) is 1.99. The van der Waals surface area contributed by atoms with E-state index in [4.69, 9.17) is 5.11 Å². The van der Waals surface area contributed by atoms with Crippen LogP contribution in [0.2, 0.25) is 0 Å². The van der Waals surface area contributed by atoms with Gasteiger partial charge in [-0.25, -0.2) is 0 Å². The number of benzene rings is 2. The normalized spacial score (nSPS) is 12.3. The molecule has 0 saturated heterocycles. The minimum atomic E-state index is -0.561. The third-order valence-corrected chi connectivity index (χ3v) is 2.79. The average Bonchev–Trinajstić information content (AvgIpc) is 2.40. The summed E-state index contributed by atoms with van der Waals surface area (Å²) in [6.45, 7) is 1.22. The lowest BCUT2D eigenvalue weighted by Crippen LogP contribution is -2.20. The van der Waals surface area contributed by atoms with Crippen LogP contribution in [0.5, 0.6) is 5.75 Å². The molecular weight excluding hydrogens is 226 g/mol. The molecular formula is C15H17NO2. The van der Waals surface area contributed by atoms with Gasteiger partial charge in [0, 0.05) is 13.1 Å². The van der Waals surface area contributed by atoms with Gasteiger partial charge in [-0.15, -0.1) is 0 Å². The molecule has 0 aliphatic rings. The molecule has 0 fully saturated rings. The molecule has 0 radical (unpaired) electrons. The fourth-order valence-corrected chi connectivity index (χ4v) is 1.76. The fourth-order valence-electron chi connectivity index (χ4n) is 1.76. The SMILES string of the molecule is Oc1ccc(C(O)CNCc2ccccc2)cc1. The Labute approximate surface area is 107 Å². The summed E-state index contributed by atoms with van der Waals surface area (Å²) in [7, 11) is 0. The molecule has 0 spiro atoms. The molecule has 2 rings (SSSR count). The summed E-state index contributed by atoms with van der Waals surface area (Å²) in [4.78, 5) is 0. The molecule has 1 atom stereocenters. The predicted octanol–water partition coefficient (Wildman–Crippen LogP) is 2.22. The maximum atomic E-state index is 9.95. The van der Waals surface area contributed by atoms with E-state index >= 15 is 0 Å². The standard InChI is InChI=1S/C15H17NO2/c17-14-8-6-13(7-9-14)15(18)11-16-10-12-4-2-1-3-5-12/h1-9,15-18H,10-11H2. The molecule has 3 heteroatoms. The average molecular weight is 243 g/mol. The topological polar surface area (TPSA) is 52.5 Å². The second-order valence-corrected chi connectivity index (χ2v) is 4.22. The largest absolute Gasteiger partial charge is 0.508 e. The van der Waals surface area contributed by atoms with Crippen molar-refractivity contribution in [2.75, 3.05) is 6.54 Å². The molecule has 0 bridgehead atoms. The van der Waals surface area contributed by atoms with Crippen LogP contribution in [0.3, 0.4) is 0 Å². The van der Waals surface area contributed by atoms with E-state index in [0.29, 0.717) is 6.54 Å². The molecule has 2 aromatic carbocycles. The number of hydrogen-bond acceptors (Lipinski definition) is 3. The monoisotopic (exact) mass is 243 g/mol. The van der Waals surface area contributed by atoms with Crippen LogP contribution in [-0.4, -0.2) is 16.8 Å². The van der Waals surface area contributed by atoms with Gasteiger partial charge >= 0.3 is 0 Å². The van der Waals surface area contributed by atoms with E-state index in [1.807, 2.05) is 30.3 Å². The molecule has 0 aliphatic carbocycles. The number of aliphatic hydroxyl groups is 1. The molecule has 94 valence electrons. The first-order valence-electron chi connectivity index (χ1n) is 5.97. The van der Waals surface area contributed by atoms with E-state index in [0.717, 1.165) is 12.1 Å². The second-order valence-electron chi connectivity index (χ2n) is 4.22. The Hall–Kier alpha value is -1.84. The highest BCUT2D eigenvalue weighted by molar-refractivity contribution is 5.27. The minimum absolute atomic E-state index is 0.211. The van der Waals surface area contributed by atoms with Gasteiger partial charge in [0.25, 0.3) is 0 Å². The quantitative estimate of drug-likeness (QED) is 0.754. The molecule has 1 unspecified atom stereocenters. The van der Waals surface area contributed by atoms with Gasteiger partial charge in [0.2, 0.25) is 0 Å². The summed E-state index contributed by atoms with van der Waals surface area (Å²) in [6, 6.07) is 16.7. The van der Waals surface area contributed by atoms with E-state index in [9.17, 15) is 5.11 Å². The van der Waals surface area contributed by atoms with Gasteiger partial charge in [0.05, 0.1) is 6.10 Å². The van der Waals surface area contributed by atoms with Crippen LogP contribution in [0.15, 0.2) is 54.6 Å². The zero-order valence-corrected chi connectivity index (χ0v) is 10.1. The maximum absolute atomic E-state index is 9.95. The number of rotatable bonds is 5. The summed E-state index contributed by atoms with van der Waals surface area (Å²) in [5, 5.41) is 22.3. The lowest BCUT2D eigenvalue weighted by atomic mass is 10.1. The van der Waals surface area contributed by atoms with Crippen molar-refractivity contribution in [3.63, 3.8) is 0 Å².